The molecule has 0 saturated heterocycles. The maximum Gasteiger partial charge on any atom is 0.143 e. The molecule has 0 amide bonds. The smallest absolute Gasteiger partial charge is 0.143 e. The van der Waals surface area contributed by atoms with E-state index in [4.69, 9.17) is 10.5 Å². The van der Waals surface area contributed by atoms with Crippen molar-refractivity contribution in [3.8, 4) is 5.75 Å². The van der Waals surface area contributed by atoms with Gasteiger partial charge in [-0.25, -0.2) is 4.98 Å². The van der Waals surface area contributed by atoms with Crippen LogP contribution in [0.15, 0.2) is 24.4 Å². The van der Waals surface area contributed by atoms with Crippen LogP contribution < -0.4 is 15.8 Å². The number of rotatable bonds is 5. The number of thiazole rings is 1. The molecule has 1 heterocycles. The van der Waals surface area contributed by atoms with E-state index < -0.39 is 0 Å². The zero-order valence-electron chi connectivity index (χ0n) is 10.6. The van der Waals surface area contributed by atoms with Gasteiger partial charge in [-0.05, 0) is 18.6 Å². The van der Waals surface area contributed by atoms with Crippen molar-refractivity contribution in [2.45, 2.75) is 19.9 Å². The molecule has 96 valence electrons. The quantitative estimate of drug-likeness (QED) is 0.814. The van der Waals surface area contributed by atoms with E-state index in [9.17, 15) is 0 Å². The van der Waals surface area contributed by atoms with Crippen molar-refractivity contribution in [2.24, 2.45) is 0 Å². The van der Waals surface area contributed by atoms with Crippen LogP contribution in [0.1, 0.15) is 16.8 Å². The van der Waals surface area contributed by atoms with E-state index in [-0.39, 0.29) is 0 Å². The third-order valence-corrected chi connectivity index (χ3v) is 3.77. The molecule has 1 aromatic carbocycles. The molecule has 3 N–H and O–H groups in total. The van der Waals surface area contributed by atoms with E-state index in [0.717, 1.165) is 23.7 Å². The fraction of sp³-hybridized carbons (Fsp3) is 0.308. The van der Waals surface area contributed by atoms with Gasteiger partial charge in [-0.15, -0.1) is 11.3 Å². The Morgan fingerprint density at radius 1 is 1.44 bits per heavy atom. The molecule has 2 aromatic rings. The Bertz CT molecular complexity index is 525. The number of anilines is 2. The molecule has 0 spiro atoms. The minimum atomic E-state index is 0.644. The van der Waals surface area contributed by atoms with E-state index in [2.05, 4.69) is 17.2 Å². The number of aryl methyl sites for hydroxylation is 1. The Kier molecular flexibility index (Phi) is 4.04. The minimum absolute atomic E-state index is 0.644. The molecule has 0 radical (unpaired) electrons. The van der Waals surface area contributed by atoms with E-state index in [1.807, 2.05) is 24.4 Å². The molecule has 5 heteroatoms. The fourth-order valence-corrected chi connectivity index (χ4v) is 2.39. The summed E-state index contributed by atoms with van der Waals surface area (Å²) in [6.07, 6.45) is 2.97. The first-order chi connectivity index (χ1) is 8.72. The third kappa shape index (κ3) is 2.92. The number of ether oxygens (including phenoxy) is 1. The van der Waals surface area contributed by atoms with Crippen LogP contribution in [0.4, 0.5) is 11.4 Å². The summed E-state index contributed by atoms with van der Waals surface area (Å²) in [5, 5.41) is 4.40. The second kappa shape index (κ2) is 5.73. The van der Waals surface area contributed by atoms with Crippen molar-refractivity contribution in [3.05, 3.63) is 34.3 Å². The SMILES string of the molecule is CCc1cnc(CNc2ccc(N)c(OC)c2)s1. The lowest BCUT2D eigenvalue weighted by Crippen LogP contribution is -2.00. The summed E-state index contributed by atoms with van der Waals surface area (Å²) >= 11 is 1.74. The molecule has 0 aliphatic carbocycles. The summed E-state index contributed by atoms with van der Waals surface area (Å²) in [5.74, 6) is 0.688. The van der Waals surface area contributed by atoms with Gasteiger partial charge in [0.15, 0.2) is 0 Å². The third-order valence-electron chi connectivity index (χ3n) is 2.63. The molecule has 4 nitrogen and oxygen atoms in total. The van der Waals surface area contributed by atoms with Gasteiger partial charge in [-0.2, -0.15) is 0 Å². The molecular weight excluding hydrogens is 246 g/mol. The maximum atomic E-state index is 5.77. The van der Waals surface area contributed by atoms with Gasteiger partial charge >= 0.3 is 0 Å². The molecule has 0 aliphatic rings. The molecular formula is C13H17N3OS. The molecule has 0 fully saturated rings. The highest BCUT2D eigenvalue weighted by Gasteiger charge is 2.03. The normalized spacial score (nSPS) is 10.3. The molecule has 0 atom stereocenters. The molecule has 0 aliphatic heterocycles. The Morgan fingerprint density at radius 2 is 2.28 bits per heavy atom. The van der Waals surface area contributed by atoms with Crippen molar-refractivity contribution in [1.82, 2.24) is 4.98 Å². The highest BCUT2D eigenvalue weighted by atomic mass is 32.1. The number of nitrogens with one attached hydrogen (secondary N) is 1. The summed E-state index contributed by atoms with van der Waals surface area (Å²) in [4.78, 5) is 5.67. The van der Waals surface area contributed by atoms with Crippen LogP contribution >= 0.6 is 11.3 Å². The van der Waals surface area contributed by atoms with Crippen molar-refractivity contribution < 1.29 is 4.74 Å². The molecule has 0 bridgehead atoms. The van der Waals surface area contributed by atoms with Crippen LogP contribution in [0, 0.1) is 0 Å². The highest BCUT2D eigenvalue weighted by Crippen LogP contribution is 2.25. The zero-order chi connectivity index (χ0) is 13.0. The van der Waals surface area contributed by atoms with Gasteiger partial charge in [0.25, 0.3) is 0 Å². The lowest BCUT2D eigenvalue weighted by atomic mass is 10.2. The maximum absolute atomic E-state index is 5.77. The predicted octanol–water partition coefficient (Wildman–Crippen LogP) is 2.91. The Balaban J connectivity index is 2.01. The number of methoxy groups -OCH3 is 1. The largest absolute Gasteiger partial charge is 0.495 e. The lowest BCUT2D eigenvalue weighted by molar-refractivity contribution is 0.417. The summed E-state index contributed by atoms with van der Waals surface area (Å²) < 4.78 is 5.18. The fourth-order valence-electron chi connectivity index (χ4n) is 1.59. The summed E-state index contributed by atoms with van der Waals surface area (Å²) in [6.45, 7) is 2.85. The Morgan fingerprint density at radius 3 is 2.94 bits per heavy atom. The minimum Gasteiger partial charge on any atom is -0.495 e. The van der Waals surface area contributed by atoms with Gasteiger partial charge in [0.2, 0.25) is 0 Å². The van der Waals surface area contributed by atoms with E-state index in [1.54, 1.807) is 18.4 Å². The standard InChI is InChI=1S/C13H17N3OS/c1-3-10-7-16-13(18-10)8-15-9-4-5-11(14)12(6-9)17-2/h4-7,15H,3,8,14H2,1-2H3. The van der Waals surface area contributed by atoms with Crippen molar-refractivity contribution in [2.75, 3.05) is 18.2 Å². The molecule has 0 saturated carbocycles. The first-order valence-corrected chi connectivity index (χ1v) is 6.65. The first kappa shape index (κ1) is 12.7. The van der Waals surface area contributed by atoms with Crippen LogP contribution in [0.3, 0.4) is 0 Å². The van der Waals surface area contributed by atoms with Gasteiger partial charge in [-0.1, -0.05) is 6.92 Å². The molecule has 18 heavy (non-hydrogen) atoms. The van der Waals surface area contributed by atoms with Gasteiger partial charge < -0.3 is 15.8 Å². The lowest BCUT2D eigenvalue weighted by Gasteiger charge is -2.08. The summed E-state index contributed by atoms with van der Waals surface area (Å²) in [5.41, 5.74) is 7.39. The summed E-state index contributed by atoms with van der Waals surface area (Å²) in [6, 6.07) is 5.66. The number of hydrogen-bond donors (Lipinski definition) is 2. The highest BCUT2D eigenvalue weighted by molar-refractivity contribution is 7.11. The van der Waals surface area contributed by atoms with Crippen LogP contribution in [0.2, 0.25) is 0 Å². The van der Waals surface area contributed by atoms with Crippen molar-refractivity contribution in [3.63, 3.8) is 0 Å². The van der Waals surface area contributed by atoms with Crippen LogP contribution in [0.5, 0.6) is 5.75 Å². The van der Waals surface area contributed by atoms with Gasteiger partial charge in [0, 0.05) is 22.8 Å². The molecule has 0 unspecified atom stereocenters. The Hall–Kier alpha value is -1.75. The van der Waals surface area contributed by atoms with Gasteiger partial charge in [-0.3, -0.25) is 0 Å². The number of benzene rings is 1. The van der Waals surface area contributed by atoms with Crippen molar-refractivity contribution >= 4 is 22.7 Å². The van der Waals surface area contributed by atoms with E-state index >= 15 is 0 Å². The number of hydrogen-bond acceptors (Lipinski definition) is 5. The average Bonchev–Trinajstić information content (AvgIpc) is 2.86. The van der Waals surface area contributed by atoms with Crippen LogP contribution in [-0.2, 0) is 13.0 Å². The van der Waals surface area contributed by atoms with Crippen LogP contribution in [-0.4, -0.2) is 12.1 Å². The van der Waals surface area contributed by atoms with Crippen LogP contribution in [0.25, 0.3) is 0 Å². The van der Waals surface area contributed by atoms with Gasteiger partial charge in [0.05, 0.1) is 19.3 Å². The first-order valence-electron chi connectivity index (χ1n) is 5.84. The topological polar surface area (TPSA) is 60.2 Å². The monoisotopic (exact) mass is 263 g/mol. The number of nitrogens with two attached hydrogens (primary N) is 1. The Labute approximate surface area is 111 Å². The zero-order valence-corrected chi connectivity index (χ0v) is 11.4. The summed E-state index contributed by atoms with van der Waals surface area (Å²) in [7, 11) is 1.61. The number of nitrogen functional groups attached to an aromatic ring is 1. The predicted molar refractivity (Wildman–Crippen MR) is 76.2 cm³/mol. The average molecular weight is 263 g/mol. The van der Waals surface area contributed by atoms with E-state index in [1.165, 1.54) is 4.88 Å². The van der Waals surface area contributed by atoms with E-state index in [0.29, 0.717) is 11.4 Å². The molecule has 1 aromatic heterocycles. The van der Waals surface area contributed by atoms with Gasteiger partial charge in [0.1, 0.15) is 10.8 Å². The van der Waals surface area contributed by atoms with Crippen molar-refractivity contribution in [1.29, 1.82) is 0 Å². The number of aromatic nitrogens is 1. The second-order valence-corrected chi connectivity index (χ2v) is 5.08. The number of nitrogens with zero attached hydrogens (tertiary/aromatic N) is 1. The second-order valence-electron chi connectivity index (χ2n) is 3.88. The molecule has 2 rings (SSSR count).